The highest BCUT2D eigenvalue weighted by Gasteiger charge is 2.84. The Kier molecular flexibility index (Phi) is 5.38. The van der Waals surface area contributed by atoms with E-state index in [9.17, 15) is 15.0 Å². The number of rotatable bonds is 5. The predicted molar refractivity (Wildman–Crippen MR) is 125 cm³/mol. The van der Waals surface area contributed by atoms with Crippen molar-refractivity contribution in [2.24, 2.45) is 51.2 Å². The predicted octanol–water partition coefficient (Wildman–Crippen LogP) is 5.35. The lowest BCUT2D eigenvalue weighted by atomic mass is 9.46. The topological polar surface area (TPSA) is 66.8 Å². The lowest BCUT2D eigenvalue weighted by Gasteiger charge is -2.59. The number of fused-ring (bicyclic) bond motifs is 2. The summed E-state index contributed by atoms with van der Waals surface area (Å²) in [5.74, 6) is 3.00. The van der Waals surface area contributed by atoms with Gasteiger partial charge in [0, 0.05) is 6.92 Å². The van der Waals surface area contributed by atoms with E-state index < -0.39 is 0 Å². The number of aliphatic hydroxyl groups excluding tert-OH is 2. The van der Waals surface area contributed by atoms with Crippen molar-refractivity contribution in [3.63, 3.8) is 0 Å². The number of hydrogen-bond acceptors (Lipinski definition) is 4. The summed E-state index contributed by atoms with van der Waals surface area (Å²) in [6.45, 7) is 11.7. The van der Waals surface area contributed by atoms with E-state index in [1.54, 1.807) is 0 Å². The summed E-state index contributed by atoms with van der Waals surface area (Å²) in [6.07, 6.45) is 10.9. The molecule has 2 N–H and O–H groups in total. The zero-order chi connectivity index (χ0) is 23.1. The summed E-state index contributed by atoms with van der Waals surface area (Å²) in [5, 5.41) is 22.1. The fourth-order valence-corrected chi connectivity index (χ4v) is 10.9. The number of carbonyl (C=O) groups excluding carboxylic acids is 1. The molecule has 182 valence electrons. The van der Waals surface area contributed by atoms with Gasteiger partial charge in [0.05, 0.1) is 18.8 Å². The van der Waals surface area contributed by atoms with E-state index in [1.807, 2.05) is 0 Å². The Balaban J connectivity index is 1.34. The van der Waals surface area contributed by atoms with Crippen molar-refractivity contribution in [3.05, 3.63) is 0 Å². The number of hydrogen-bond donors (Lipinski definition) is 2. The molecule has 2 spiro atoms. The molecule has 0 aromatic carbocycles. The first-order valence-corrected chi connectivity index (χ1v) is 13.5. The molecule has 5 fully saturated rings. The van der Waals surface area contributed by atoms with E-state index in [1.165, 1.54) is 39.0 Å². The molecule has 32 heavy (non-hydrogen) atoms. The first-order chi connectivity index (χ1) is 15.0. The van der Waals surface area contributed by atoms with Crippen LogP contribution >= 0.6 is 0 Å². The van der Waals surface area contributed by atoms with Crippen LogP contribution in [0.25, 0.3) is 0 Å². The van der Waals surface area contributed by atoms with Gasteiger partial charge in [0.1, 0.15) is 0 Å². The van der Waals surface area contributed by atoms with Gasteiger partial charge in [0.25, 0.3) is 0 Å². The molecule has 0 aromatic heterocycles. The minimum atomic E-state index is -0.197. The Bertz CT molecular complexity index is 763. The molecule has 3 unspecified atom stereocenters. The van der Waals surface area contributed by atoms with Crippen LogP contribution in [0.4, 0.5) is 0 Å². The Labute approximate surface area is 194 Å². The number of unbranched alkanes of at least 4 members (excludes halogenated alkanes) is 1. The second-order valence-corrected chi connectivity index (χ2v) is 13.3. The van der Waals surface area contributed by atoms with E-state index in [0.29, 0.717) is 35.2 Å². The third kappa shape index (κ3) is 2.78. The minimum absolute atomic E-state index is 0.0292. The van der Waals surface area contributed by atoms with Crippen molar-refractivity contribution in [2.45, 2.75) is 111 Å². The maximum Gasteiger partial charge on any atom is 0.302 e. The Morgan fingerprint density at radius 1 is 0.969 bits per heavy atom. The van der Waals surface area contributed by atoms with Crippen LogP contribution in [0, 0.1) is 51.2 Å². The zero-order valence-electron chi connectivity index (χ0n) is 21.0. The molecule has 0 bridgehead atoms. The summed E-state index contributed by atoms with van der Waals surface area (Å²) >= 11 is 0. The molecule has 5 rings (SSSR count). The number of esters is 1. The van der Waals surface area contributed by atoms with Crippen molar-refractivity contribution in [3.8, 4) is 0 Å². The summed E-state index contributed by atoms with van der Waals surface area (Å²) in [6, 6.07) is 0. The van der Waals surface area contributed by atoms with Crippen molar-refractivity contribution >= 4 is 5.97 Å². The van der Waals surface area contributed by atoms with Crippen LogP contribution in [-0.4, -0.2) is 35.0 Å². The monoisotopic (exact) mass is 446 g/mol. The fraction of sp³-hybridized carbons (Fsp3) is 0.964. The van der Waals surface area contributed by atoms with Gasteiger partial charge in [0.15, 0.2) is 0 Å². The van der Waals surface area contributed by atoms with E-state index in [4.69, 9.17) is 4.74 Å². The first kappa shape index (κ1) is 23.1. The second-order valence-electron chi connectivity index (χ2n) is 13.3. The number of carbonyl (C=O) groups is 1. The molecule has 5 saturated carbocycles. The van der Waals surface area contributed by atoms with Gasteiger partial charge in [-0.15, -0.1) is 0 Å². The van der Waals surface area contributed by atoms with Crippen LogP contribution in [0.1, 0.15) is 98.8 Å². The molecule has 0 radical (unpaired) electrons. The van der Waals surface area contributed by atoms with Gasteiger partial charge in [-0.3, -0.25) is 4.79 Å². The summed E-state index contributed by atoms with van der Waals surface area (Å²) in [5.41, 5.74) is 1.17. The molecule has 4 nitrogen and oxygen atoms in total. The summed E-state index contributed by atoms with van der Waals surface area (Å²) in [4.78, 5) is 11.0. The molecule has 4 heteroatoms. The lowest BCUT2D eigenvalue weighted by Crippen LogP contribution is -2.54. The molecule has 0 heterocycles. The molecule has 0 saturated heterocycles. The SMILES string of the molecule is CC(=O)OCCCC[C@H]1[C@H](O)CC2[C@@H]3CCC4C(C)(C)[C@@H](O)CCC45[C@@H](C)[C@@]35CC[C@@]21C. The van der Waals surface area contributed by atoms with Crippen molar-refractivity contribution < 1.29 is 19.7 Å². The standard InChI is InChI=1S/C28H46O4/c1-17-27-14-13-26(5)20(8-6-7-15-32-18(2)29)22(30)16-21(26)19(27)9-10-23-25(3,4)24(31)11-12-28(17,23)27/h17,19-24,30-31H,6-16H2,1-5H3/t17-,19-,20-,21?,22+,23?,24-,26+,27-,28?/m0/s1. The average molecular weight is 447 g/mol. The molecule has 0 aliphatic heterocycles. The van der Waals surface area contributed by atoms with Crippen LogP contribution in [0.2, 0.25) is 0 Å². The van der Waals surface area contributed by atoms with E-state index in [2.05, 4.69) is 27.7 Å². The Hall–Kier alpha value is -0.610. The van der Waals surface area contributed by atoms with Crippen LogP contribution in [0.3, 0.4) is 0 Å². The van der Waals surface area contributed by atoms with Gasteiger partial charge < -0.3 is 14.9 Å². The van der Waals surface area contributed by atoms with E-state index in [-0.39, 0.29) is 29.0 Å². The largest absolute Gasteiger partial charge is 0.466 e. The number of aliphatic hydroxyl groups is 2. The van der Waals surface area contributed by atoms with Crippen molar-refractivity contribution in [1.29, 1.82) is 0 Å². The molecule has 5 aliphatic rings. The highest BCUT2D eigenvalue weighted by molar-refractivity contribution is 5.65. The van der Waals surface area contributed by atoms with Gasteiger partial charge >= 0.3 is 5.97 Å². The highest BCUT2D eigenvalue weighted by atomic mass is 16.5. The molecule has 10 atom stereocenters. The van der Waals surface area contributed by atoms with E-state index in [0.717, 1.165) is 43.9 Å². The normalized spacial score (nSPS) is 52.9. The number of ether oxygens (including phenoxy) is 1. The lowest BCUT2D eigenvalue weighted by molar-refractivity contribution is -0.141. The third-order valence-corrected chi connectivity index (χ3v) is 12.4. The van der Waals surface area contributed by atoms with E-state index >= 15 is 0 Å². The molecular weight excluding hydrogens is 400 g/mol. The van der Waals surface area contributed by atoms with Gasteiger partial charge in [-0.2, -0.15) is 0 Å². The highest BCUT2D eigenvalue weighted by Crippen LogP contribution is 2.89. The Morgan fingerprint density at radius 2 is 1.72 bits per heavy atom. The fourth-order valence-electron chi connectivity index (χ4n) is 10.9. The first-order valence-electron chi connectivity index (χ1n) is 13.5. The molecule has 5 aliphatic carbocycles. The molecular formula is C28H46O4. The minimum Gasteiger partial charge on any atom is -0.466 e. The van der Waals surface area contributed by atoms with Crippen LogP contribution < -0.4 is 0 Å². The smallest absolute Gasteiger partial charge is 0.302 e. The molecule has 0 aromatic rings. The maximum absolute atomic E-state index is 11.2. The van der Waals surface area contributed by atoms with Crippen LogP contribution in [0.15, 0.2) is 0 Å². The van der Waals surface area contributed by atoms with Gasteiger partial charge in [0.2, 0.25) is 0 Å². The summed E-state index contributed by atoms with van der Waals surface area (Å²) < 4.78 is 5.12. The molecule has 0 amide bonds. The third-order valence-electron chi connectivity index (χ3n) is 12.4. The Morgan fingerprint density at radius 3 is 2.44 bits per heavy atom. The van der Waals surface area contributed by atoms with Gasteiger partial charge in [-0.05, 0) is 115 Å². The summed E-state index contributed by atoms with van der Waals surface area (Å²) in [7, 11) is 0. The maximum atomic E-state index is 11.2. The van der Waals surface area contributed by atoms with Crippen LogP contribution in [-0.2, 0) is 9.53 Å². The zero-order valence-corrected chi connectivity index (χ0v) is 21.0. The second kappa shape index (κ2) is 7.44. The van der Waals surface area contributed by atoms with Crippen molar-refractivity contribution in [1.82, 2.24) is 0 Å². The van der Waals surface area contributed by atoms with Crippen LogP contribution in [0.5, 0.6) is 0 Å². The van der Waals surface area contributed by atoms with Gasteiger partial charge in [-0.25, -0.2) is 0 Å². The average Bonchev–Trinajstić information content (AvgIpc) is 3.14. The quantitative estimate of drug-likeness (QED) is 0.441. The van der Waals surface area contributed by atoms with Gasteiger partial charge in [-0.1, -0.05) is 27.7 Å². The van der Waals surface area contributed by atoms with Crippen molar-refractivity contribution in [2.75, 3.05) is 6.61 Å².